The summed E-state index contributed by atoms with van der Waals surface area (Å²) in [4.78, 5) is 9.05. The van der Waals surface area contributed by atoms with Gasteiger partial charge in [0.05, 0.1) is 6.54 Å². The van der Waals surface area contributed by atoms with Gasteiger partial charge < -0.3 is 9.42 Å². The van der Waals surface area contributed by atoms with Gasteiger partial charge in [-0.3, -0.25) is 0 Å². The quantitative estimate of drug-likeness (QED) is 0.858. The Hall–Kier alpha value is -2.12. The highest BCUT2D eigenvalue weighted by Crippen LogP contribution is 2.28. The maximum atomic E-state index is 12.5. The van der Waals surface area contributed by atoms with Gasteiger partial charge in [0, 0.05) is 14.0 Å². The molecule has 0 aliphatic carbocycles. The zero-order valence-electron chi connectivity index (χ0n) is 10.3. The fraction of sp³-hybridized carbons (Fsp3) is 0.364. The van der Waals surface area contributed by atoms with Crippen molar-refractivity contribution in [3.63, 3.8) is 0 Å². The number of pyridine rings is 1. The summed E-state index contributed by atoms with van der Waals surface area (Å²) in [5.74, 6) is 0.983. The molecule has 0 fully saturated rings. The second kappa shape index (κ2) is 4.87. The lowest BCUT2D eigenvalue weighted by atomic mass is 10.3. The Morgan fingerprint density at radius 1 is 1.26 bits per heavy atom. The Kier molecular flexibility index (Phi) is 3.41. The number of anilines is 1. The van der Waals surface area contributed by atoms with Crippen LogP contribution in [0, 0.1) is 6.92 Å². The molecule has 0 spiro atoms. The lowest BCUT2D eigenvalue weighted by Crippen LogP contribution is -2.20. The Morgan fingerprint density at radius 2 is 2.00 bits per heavy atom. The van der Waals surface area contributed by atoms with E-state index in [1.807, 2.05) is 0 Å². The third kappa shape index (κ3) is 3.21. The molecule has 102 valence electrons. The molecule has 2 heterocycles. The summed E-state index contributed by atoms with van der Waals surface area (Å²) < 4.78 is 42.4. The van der Waals surface area contributed by atoms with Crippen LogP contribution in [0.15, 0.2) is 22.7 Å². The van der Waals surface area contributed by atoms with E-state index in [0.29, 0.717) is 11.7 Å². The zero-order valence-corrected chi connectivity index (χ0v) is 10.3. The average Bonchev–Trinajstić information content (AvgIpc) is 2.74. The summed E-state index contributed by atoms with van der Waals surface area (Å²) >= 11 is 0. The molecule has 2 aromatic rings. The van der Waals surface area contributed by atoms with Crippen LogP contribution in [0.1, 0.15) is 17.4 Å². The molecule has 0 aromatic carbocycles. The molecule has 0 aliphatic rings. The van der Waals surface area contributed by atoms with Crippen molar-refractivity contribution in [1.29, 1.82) is 0 Å². The van der Waals surface area contributed by atoms with Gasteiger partial charge in [-0.25, -0.2) is 4.98 Å². The predicted octanol–water partition coefficient (Wildman–Crippen LogP) is 2.43. The summed E-state index contributed by atoms with van der Waals surface area (Å²) in [6.07, 6.45) is -4.46. The molecule has 5 nitrogen and oxygen atoms in total. The normalized spacial score (nSPS) is 11.6. The van der Waals surface area contributed by atoms with Crippen molar-refractivity contribution in [3.8, 4) is 0 Å². The van der Waals surface area contributed by atoms with Crippen molar-refractivity contribution < 1.29 is 17.7 Å². The fourth-order valence-electron chi connectivity index (χ4n) is 1.49. The van der Waals surface area contributed by atoms with Crippen molar-refractivity contribution in [2.45, 2.75) is 19.6 Å². The van der Waals surface area contributed by atoms with Gasteiger partial charge in [0.2, 0.25) is 5.89 Å². The molecule has 0 bridgehead atoms. The maximum absolute atomic E-state index is 12.5. The highest BCUT2D eigenvalue weighted by atomic mass is 19.4. The van der Waals surface area contributed by atoms with E-state index in [0.717, 1.165) is 6.07 Å². The lowest BCUT2D eigenvalue weighted by Gasteiger charge is -2.17. The minimum absolute atomic E-state index is 0.192. The Bertz CT molecular complexity index is 567. The highest BCUT2D eigenvalue weighted by Gasteiger charge is 2.32. The molecule has 0 atom stereocenters. The minimum atomic E-state index is -4.46. The summed E-state index contributed by atoms with van der Waals surface area (Å²) in [5.41, 5.74) is -0.929. The van der Waals surface area contributed by atoms with Crippen molar-refractivity contribution in [3.05, 3.63) is 35.6 Å². The van der Waals surface area contributed by atoms with E-state index in [1.165, 1.54) is 17.0 Å². The smallest absolute Gasteiger partial charge is 0.352 e. The number of rotatable bonds is 3. The number of aromatic nitrogens is 3. The molecule has 0 N–H and O–H groups in total. The van der Waals surface area contributed by atoms with Crippen LogP contribution < -0.4 is 4.90 Å². The second-order valence-electron chi connectivity index (χ2n) is 3.96. The van der Waals surface area contributed by atoms with Crippen LogP contribution in [0.2, 0.25) is 0 Å². The number of alkyl halides is 3. The maximum Gasteiger partial charge on any atom is 0.433 e. The molecular weight excluding hydrogens is 261 g/mol. The molecule has 8 heteroatoms. The van der Waals surface area contributed by atoms with Crippen LogP contribution in [0.25, 0.3) is 0 Å². The van der Waals surface area contributed by atoms with E-state index in [4.69, 9.17) is 4.52 Å². The summed E-state index contributed by atoms with van der Waals surface area (Å²) in [6.45, 7) is 1.85. The molecule has 19 heavy (non-hydrogen) atoms. The first-order valence-corrected chi connectivity index (χ1v) is 5.41. The fourth-order valence-corrected chi connectivity index (χ4v) is 1.49. The zero-order chi connectivity index (χ0) is 14.0. The van der Waals surface area contributed by atoms with Crippen molar-refractivity contribution in [1.82, 2.24) is 15.1 Å². The molecule has 0 saturated heterocycles. The molecule has 0 amide bonds. The number of nitrogens with zero attached hydrogens (tertiary/aromatic N) is 4. The van der Waals surface area contributed by atoms with Crippen LogP contribution in [0.3, 0.4) is 0 Å². The van der Waals surface area contributed by atoms with E-state index in [2.05, 4.69) is 15.1 Å². The van der Waals surface area contributed by atoms with Gasteiger partial charge in [-0.15, -0.1) is 0 Å². The van der Waals surface area contributed by atoms with Gasteiger partial charge >= 0.3 is 6.18 Å². The van der Waals surface area contributed by atoms with Crippen LogP contribution in [-0.2, 0) is 12.7 Å². The van der Waals surface area contributed by atoms with E-state index >= 15 is 0 Å². The van der Waals surface area contributed by atoms with Crippen LogP contribution in [0.4, 0.5) is 19.0 Å². The predicted molar refractivity (Wildman–Crippen MR) is 60.4 cm³/mol. The molecule has 2 rings (SSSR count). The van der Waals surface area contributed by atoms with E-state index in [1.54, 1.807) is 14.0 Å². The third-order valence-electron chi connectivity index (χ3n) is 2.36. The SMILES string of the molecule is Cc1nc(CN(C)c2cccc(C(F)(F)F)n2)no1. The van der Waals surface area contributed by atoms with Gasteiger partial charge in [0.15, 0.2) is 5.82 Å². The third-order valence-corrected chi connectivity index (χ3v) is 2.36. The monoisotopic (exact) mass is 272 g/mol. The van der Waals surface area contributed by atoms with Gasteiger partial charge in [-0.1, -0.05) is 11.2 Å². The first kappa shape index (κ1) is 13.3. The van der Waals surface area contributed by atoms with Crippen molar-refractivity contribution in [2.75, 3.05) is 11.9 Å². The van der Waals surface area contributed by atoms with Crippen molar-refractivity contribution in [2.24, 2.45) is 0 Å². The van der Waals surface area contributed by atoms with Gasteiger partial charge in [0.1, 0.15) is 11.5 Å². The van der Waals surface area contributed by atoms with E-state index in [-0.39, 0.29) is 12.4 Å². The standard InChI is InChI=1S/C11H11F3N4O/c1-7-15-9(17-19-7)6-18(2)10-5-3-4-8(16-10)11(12,13)14/h3-5H,6H2,1-2H3. The average molecular weight is 272 g/mol. The van der Waals surface area contributed by atoms with Crippen LogP contribution in [0.5, 0.6) is 0 Å². The van der Waals surface area contributed by atoms with Gasteiger partial charge in [-0.05, 0) is 12.1 Å². The summed E-state index contributed by atoms with van der Waals surface area (Å²) in [5, 5.41) is 3.67. The topological polar surface area (TPSA) is 55.1 Å². The number of hydrogen-bond acceptors (Lipinski definition) is 5. The van der Waals surface area contributed by atoms with E-state index in [9.17, 15) is 13.2 Å². The molecule has 2 aromatic heterocycles. The number of hydrogen-bond donors (Lipinski definition) is 0. The number of aryl methyl sites for hydroxylation is 1. The summed E-state index contributed by atoms with van der Waals surface area (Å²) in [7, 11) is 1.61. The Morgan fingerprint density at radius 3 is 2.58 bits per heavy atom. The molecule has 0 saturated carbocycles. The molecule has 0 unspecified atom stereocenters. The van der Waals surface area contributed by atoms with Crippen molar-refractivity contribution >= 4 is 5.82 Å². The van der Waals surface area contributed by atoms with Gasteiger partial charge in [0.25, 0.3) is 0 Å². The second-order valence-corrected chi connectivity index (χ2v) is 3.96. The minimum Gasteiger partial charge on any atom is -0.352 e. The van der Waals surface area contributed by atoms with E-state index < -0.39 is 11.9 Å². The van der Waals surface area contributed by atoms with Crippen LogP contribution >= 0.6 is 0 Å². The summed E-state index contributed by atoms with van der Waals surface area (Å²) in [6, 6.07) is 3.72. The largest absolute Gasteiger partial charge is 0.433 e. The Balaban J connectivity index is 2.17. The Labute approximate surface area is 107 Å². The first-order chi connectivity index (χ1) is 8.86. The first-order valence-electron chi connectivity index (χ1n) is 5.41. The highest BCUT2D eigenvalue weighted by molar-refractivity contribution is 5.38. The number of halogens is 3. The van der Waals surface area contributed by atoms with Gasteiger partial charge in [-0.2, -0.15) is 18.2 Å². The molecule has 0 radical (unpaired) electrons. The molecular formula is C11H11F3N4O. The molecule has 0 aliphatic heterocycles. The van der Waals surface area contributed by atoms with Crippen LogP contribution in [-0.4, -0.2) is 22.2 Å². The lowest BCUT2D eigenvalue weighted by molar-refractivity contribution is -0.141.